The maximum Gasteiger partial charge on any atom is 0.412 e. The fourth-order valence-corrected chi connectivity index (χ4v) is 5.80. The molecule has 0 aliphatic carbocycles. The van der Waals surface area contributed by atoms with Gasteiger partial charge in [0, 0.05) is 0 Å². The van der Waals surface area contributed by atoms with E-state index in [0.29, 0.717) is 23.3 Å². The number of ether oxygens (including phenoxy) is 2. The molecule has 2 aliphatic heterocycles. The van der Waals surface area contributed by atoms with Crippen molar-refractivity contribution in [3.63, 3.8) is 0 Å². The quantitative estimate of drug-likeness (QED) is 0.126. The molecular formula is C41H49N11O5. The number of amides is 2. The third-order valence-electron chi connectivity index (χ3n) is 8.75. The van der Waals surface area contributed by atoms with Gasteiger partial charge in [-0.1, -0.05) is 73.5 Å². The van der Waals surface area contributed by atoms with Crippen LogP contribution in [0.5, 0.6) is 0 Å². The van der Waals surface area contributed by atoms with Gasteiger partial charge < -0.3 is 15.2 Å². The fourth-order valence-electron chi connectivity index (χ4n) is 5.80. The molecule has 57 heavy (non-hydrogen) atoms. The number of carbonyl (C=O) groups is 3. The van der Waals surface area contributed by atoms with Gasteiger partial charge >= 0.3 is 12.2 Å². The summed E-state index contributed by atoms with van der Waals surface area (Å²) in [4.78, 5) is 62.9. The molecule has 0 unspecified atom stereocenters. The summed E-state index contributed by atoms with van der Waals surface area (Å²) in [7, 11) is 0. The molecule has 0 saturated carbocycles. The highest BCUT2D eigenvalue weighted by Gasteiger charge is 2.13. The largest absolute Gasteiger partial charge is 0.444 e. The lowest BCUT2D eigenvalue weighted by atomic mass is 10.1. The molecule has 0 radical (unpaired) electrons. The van der Waals surface area contributed by atoms with Crippen LogP contribution in [-0.4, -0.2) is 84.4 Å². The number of aromatic nitrogens is 6. The van der Waals surface area contributed by atoms with Crippen LogP contribution in [-0.2, 0) is 35.8 Å². The van der Waals surface area contributed by atoms with Crippen LogP contribution in [0.3, 0.4) is 0 Å². The first-order chi connectivity index (χ1) is 27.9. The number of nitrogens with two attached hydrogens (primary N) is 1. The fraction of sp³-hybridized carbons (Fsp3) is 0.341. The molecule has 2 aliphatic rings. The summed E-state index contributed by atoms with van der Waals surface area (Å²) in [5, 5.41) is 5.10. The molecule has 2 fully saturated rings. The normalized spacial score (nSPS) is 14.0. The standard InChI is InChI=1S/C18H22N4O2.C13H11N3O3.C10H16N4/c23-18(24-14-15-7-3-1-4-8-15)21-16-11-19-17(20-12-16)13-22-9-5-2-6-10-22;17-8-12-14-6-11(7-15-12)16-13(18)19-9-10-4-2-1-3-5-10;11-9-6-12-10(13-7-9)8-14-4-2-1-3-5-14/h1,3-4,7-8,11-12H,2,5-6,9-10,13-14H2,(H,21,23);1-8H,9H2,(H,16,18);6-7H,1-5,8,11H2. The van der Waals surface area contributed by atoms with E-state index in [9.17, 15) is 14.4 Å². The summed E-state index contributed by atoms with van der Waals surface area (Å²) in [5.74, 6) is 1.71. The third-order valence-corrected chi connectivity index (χ3v) is 8.75. The first-order valence-corrected chi connectivity index (χ1v) is 19.0. The van der Waals surface area contributed by atoms with Crippen molar-refractivity contribution in [3.8, 4) is 0 Å². The van der Waals surface area contributed by atoms with Crippen molar-refractivity contribution in [2.75, 3.05) is 42.5 Å². The van der Waals surface area contributed by atoms with Gasteiger partial charge in [-0.05, 0) is 63.0 Å². The van der Waals surface area contributed by atoms with Crippen LogP contribution in [0.2, 0.25) is 0 Å². The monoisotopic (exact) mass is 775 g/mol. The van der Waals surface area contributed by atoms with Crippen LogP contribution >= 0.6 is 0 Å². The SMILES string of the molecule is Nc1cnc(CN2CCCCC2)nc1.O=C(Nc1cnc(CN2CCCCC2)nc1)OCc1ccccc1.O=Cc1ncc(NC(=O)OCc2ccccc2)cn1. The highest BCUT2D eigenvalue weighted by molar-refractivity contribution is 5.84. The Morgan fingerprint density at radius 2 is 0.965 bits per heavy atom. The molecule has 5 heterocycles. The summed E-state index contributed by atoms with van der Waals surface area (Å²) in [6, 6.07) is 18.9. The van der Waals surface area contributed by atoms with Gasteiger partial charge in [0.05, 0.1) is 67.3 Å². The predicted octanol–water partition coefficient (Wildman–Crippen LogP) is 6.29. The second-order valence-electron chi connectivity index (χ2n) is 13.3. The molecule has 4 N–H and O–H groups in total. The van der Waals surface area contributed by atoms with Crippen LogP contribution < -0.4 is 16.4 Å². The summed E-state index contributed by atoms with van der Waals surface area (Å²) in [6.07, 6.45) is 16.4. The molecule has 298 valence electrons. The minimum atomic E-state index is -0.605. The van der Waals surface area contributed by atoms with E-state index in [1.165, 1.54) is 64.0 Å². The number of hydrogen-bond donors (Lipinski definition) is 3. The molecule has 0 atom stereocenters. The Labute approximate surface area is 332 Å². The second-order valence-corrected chi connectivity index (χ2v) is 13.3. The third kappa shape index (κ3) is 16.1. The number of aldehydes is 1. The maximum absolute atomic E-state index is 11.8. The molecule has 16 heteroatoms. The molecule has 3 aromatic heterocycles. The van der Waals surface area contributed by atoms with E-state index in [0.717, 1.165) is 49.0 Å². The van der Waals surface area contributed by atoms with Crippen molar-refractivity contribution in [1.29, 1.82) is 0 Å². The number of likely N-dealkylation sites (tertiary alicyclic amines) is 2. The number of nitrogens with zero attached hydrogens (tertiary/aromatic N) is 8. The van der Waals surface area contributed by atoms with Crippen molar-refractivity contribution in [2.24, 2.45) is 0 Å². The van der Waals surface area contributed by atoms with Gasteiger partial charge in [-0.2, -0.15) is 0 Å². The van der Waals surface area contributed by atoms with E-state index in [1.54, 1.807) is 24.8 Å². The van der Waals surface area contributed by atoms with Crippen molar-refractivity contribution in [3.05, 3.63) is 126 Å². The lowest BCUT2D eigenvalue weighted by Gasteiger charge is -2.25. The van der Waals surface area contributed by atoms with Crippen LogP contribution in [0, 0.1) is 0 Å². The average Bonchev–Trinajstić information content (AvgIpc) is 3.26. The van der Waals surface area contributed by atoms with E-state index < -0.39 is 12.2 Å². The highest BCUT2D eigenvalue weighted by Crippen LogP contribution is 2.13. The Bertz CT molecular complexity index is 1910. The zero-order valence-electron chi connectivity index (χ0n) is 31.9. The minimum absolute atomic E-state index is 0.0585. The molecule has 2 aromatic carbocycles. The zero-order valence-corrected chi connectivity index (χ0v) is 31.9. The van der Waals surface area contributed by atoms with Gasteiger partial charge in [-0.3, -0.25) is 25.2 Å². The number of carbonyl (C=O) groups excluding carboxylic acids is 3. The molecule has 5 aromatic rings. The van der Waals surface area contributed by atoms with Crippen LogP contribution in [0.25, 0.3) is 0 Å². The van der Waals surface area contributed by atoms with Gasteiger partial charge in [-0.15, -0.1) is 0 Å². The van der Waals surface area contributed by atoms with Crippen molar-refractivity contribution in [1.82, 2.24) is 39.7 Å². The lowest BCUT2D eigenvalue weighted by Crippen LogP contribution is -2.29. The molecule has 7 rings (SSSR count). The first-order valence-electron chi connectivity index (χ1n) is 19.0. The van der Waals surface area contributed by atoms with Crippen LogP contribution in [0.4, 0.5) is 26.7 Å². The summed E-state index contributed by atoms with van der Waals surface area (Å²) in [6.45, 7) is 6.60. The lowest BCUT2D eigenvalue weighted by molar-refractivity contribution is 0.111. The number of benzene rings is 2. The number of anilines is 3. The molecule has 0 spiro atoms. The van der Waals surface area contributed by atoms with Crippen molar-refractivity contribution < 1.29 is 23.9 Å². The number of nitrogen functional groups attached to an aromatic ring is 1. The Kier molecular flexibility index (Phi) is 17.2. The predicted molar refractivity (Wildman–Crippen MR) is 215 cm³/mol. The van der Waals surface area contributed by atoms with Gasteiger partial charge in [0.15, 0.2) is 12.1 Å². The summed E-state index contributed by atoms with van der Waals surface area (Å²) in [5.41, 5.74) is 8.89. The van der Waals surface area contributed by atoms with Crippen LogP contribution in [0.15, 0.2) is 97.8 Å². The highest BCUT2D eigenvalue weighted by atomic mass is 16.6. The van der Waals surface area contributed by atoms with Crippen molar-refractivity contribution in [2.45, 2.75) is 64.8 Å². The van der Waals surface area contributed by atoms with Gasteiger partial charge in [0.1, 0.15) is 24.9 Å². The number of hydrogen-bond acceptors (Lipinski definition) is 14. The Morgan fingerprint density at radius 3 is 1.37 bits per heavy atom. The summed E-state index contributed by atoms with van der Waals surface area (Å²) < 4.78 is 10.2. The van der Waals surface area contributed by atoms with Crippen molar-refractivity contribution >= 4 is 35.5 Å². The minimum Gasteiger partial charge on any atom is -0.444 e. The van der Waals surface area contributed by atoms with Gasteiger partial charge in [-0.25, -0.2) is 39.5 Å². The Balaban J connectivity index is 0.000000169. The smallest absolute Gasteiger partial charge is 0.412 e. The van der Waals surface area contributed by atoms with E-state index in [2.05, 4.69) is 50.3 Å². The first kappa shape index (κ1) is 41.8. The molecule has 2 saturated heterocycles. The van der Waals surface area contributed by atoms with E-state index in [1.807, 2.05) is 60.7 Å². The van der Waals surface area contributed by atoms with E-state index in [4.69, 9.17) is 15.2 Å². The average molecular weight is 776 g/mol. The Morgan fingerprint density at radius 1 is 0.579 bits per heavy atom. The molecule has 16 nitrogen and oxygen atoms in total. The molecule has 2 amide bonds. The number of nitrogens with one attached hydrogen (secondary N) is 2. The van der Waals surface area contributed by atoms with E-state index >= 15 is 0 Å². The number of piperidine rings is 2. The Hall–Kier alpha value is -6.39. The van der Waals surface area contributed by atoms with Gasteiger partial charge in [0.25, 0.3) is 0 Å². The van der Waals surface area contributed by atoms with Crippen LogP contribution in [0.1, 0.15) is 71.9 Å². The molecule has 0 bridgehead atoms. The zero-order chi connectivity index (χ0) is 39.9. The molecular weight excluding hydrogens is 727 g/mol. The van der Waals surface area contributed by atoms with E-state index in [-0.39, 0.29) is 19.0 Å². The van der Waals surface area contributed by atoms with Gasteiger partial charge in [0.2, 0.25) is 0 Å². The second kappa shape index (κ2) is 23.5. The number of rotatable bonds is 11. The summed E-state index contributed by atoms with van der Waals surface area (Å²) >= 11 is 0. The maximum atomic E-state index is 11.8. The topological polar surface area (TPSA) is 204 Å².